The fourth-order valence-electron chi connectivity index (χ4n) is 8.76. The van der Waals surface area contributed by atoms with Gasteiger partial charge in [0, 0.05) is 127 Å². The molecule has 8 amide bonds. The van der Waals surface area contributed by atoms with Crippen molar-refractivity contribution >= 4 is 70.0 Å². The number of nitrogen functional groups attached to an aromatic ring is 4. The van der Waals surface area contributed by atoms with Crippen LogP contribution in [0.3, 0.4) is 0 Å². The van der Waals surface area contributed by atoms with Gasteiger partial charge in [-0.15, -0.1) is 0 Å². The van der Waals surface area contributed by atoms with E-state index in [0.29, 0.717) is 43.4 Å². The number of piperidine rings is 4. The summed E-state index contributed by atoms with van der Waals surface area (Å²) < 4.78 is 145. The van der Waals surface area contributed by atoms with Gasteiger partial charge in [0.1, 0.15) is 24.1 Å². The molecule has 12 rings (SSSR count). The topological polar surface area (TPSA) is 302 Å². The number of nitrogens with one attached hydrogen (secondary N) is 4. The Hall–Kier alpha value is -9.20. The van der Waals surface area contributed by atoms with Crippen molar-refractivity contribution in [2.45, 2.75) is 109 Å². The number of carbonyl (C=O) groups excluding carboxylic acids is 8. The van der Waals surface area contributed by atoms with Gasteiger partial charge >= 0.3 is 0 Å². The first-order valence-corrected chi connectivity index (χ1v) is 23.0. The molecule has 4 fully saturated rings. The van der Waals surface area contributed by atoms with Crippen LogP contribution in [0.5, 0.6) is 0 Å². The van der Waals surface area contributed by atoms with Crippen LogP contribution in [0.15, 0.2) is 122 Å². The lowest BCUT2D eigenvalue weighted by atomic mass is 10.0. The molecule has 77 heavy (non-hydrogen) atoms. The van der Waals surface area contributed by atoms with Gasteiger partial charge in [0.05, 0.1) is 13.7 Å². The Morgan fingerprint density at radius 1 is 0.429 bits per heavy atom. The first-order valence-electron chi connectivity index (χ1n) is 32.0. The zero-order chi connectivity index (χ0) is 70.4. The van der Waals surface area contributed by atoms with Gasteiger partial charge in [0.25, 0.3) is 23.6 Å². The minimum atomic E-state index is -2.59. The molecule has 8 aliphatic heterocycles. The van der Waals surface area contributed by atoms with Crippen molar-refractivity contribution in [2.75, 3.05) is 22.9 Å². The molecule has 4 saturated heterocycles. The molecule has 0 aromatic heterocycles. The molecule has 0 bridgehead atoms. The summed E-state index contributed by atoms with van der Waals surface area (Å²) in [6, 6.07) is -3.24. The molecule has 0 aliphatic carbocycles. The monoisotopic (exact) mass is 1060 g/mol. The maximum Gasteiger partial charge on any atom is 0.255 e. The van der Waals surface area contributed by atoms with Crippen LogP contribution in [0.2, 0.25) is 0 Å². The normalized spacial score (nSPS) is 31.9. The maximum atomic E-state index is 12.8. The Bertz CT molecular complexity index is 3930. The Morgan fingerprint density at radius 3 is 0.948 bits per heavy atom. The minimum Gasteiger partial charge on any atom is -0.398 e. The standard InChI is InChI=1S/4C14H15N3O2.CH4/c4*1-8-5-6-12(13(18)16-8)17-7-10-9(14(17)19)3-2-4-11(10)15;/h4*2-4,12H,1,5-7,15H2,(H,16,18);1H4/t4*12-;/m1100./s1/i2D,3D,4D,6D2,12D;6D2,12D;2D,3D,4D,6D2,12D;6D2,12D;. The van der Waals surface area contributed by atoms with E-state index in [1.165, 1.54) is 0 Å². The number of nitrogens with zero attached hydrogens (tertiary/aromatic N) is 4. The highest BCUT2D eigenvalue weighted by Crippen LogP contribution is 2.35. The average Bonchev–Trinajstić information content (AvgIpc) is 1.64. The van der Waals surface area contributed by atoms with Crippen LogP contribution in [-0.4, -0.2) is 90.9 Å². The molecule has 8 aliphatic rings. The third-order valence-electron chi connectivity index (χ3n) is 12.6. The highest BCUT2D eigenvalue weighted by molar-refractivity contribution is 6.05. The van der Waals surface area contributed by atoms with Gasteiger partial charge in [0.15, 0.2) is 0 Å². The van der Waals surface area contributed by atoms with Crippen LogP contribution < -0.4 is 44.2 Å². The molecule has 0 saturated carbocycles. The van der Waals surface area contributed by atoms with E-state index in [2.05, 4.69) is 47.6 Å². The third-order valence-corrected chi connectivity index (χ3v) is 12.6. The third kappa shape index (κ3) is 10.6. The van der Waals surface area contributed by atoms with E-state index in [1.54, 1.807) is 36.4 Å². The van der Waals surface area contributed by atoms with Crippen molar-refractivity contribution in [3.63, 3.8) is 0 Å². The number of allylic oxidation sites excluding steroid dienone is 4. The number of anilines is 4. The van der Waals surface area contributed by atoms with Crippen LogP contribution in [0.25, 0.3) is 0 Å². The van der Waals surface area contributed by atoms with Gasteiger partial charge in [-0.05, 0) is 99.6 Å². The van der Waals surface area contributed by atoms with Crippen molar-refractivity contribution in [3.05, 3.63) is 166 Å². The number of amides is 8. The van der Waals surface area contributed by atoms with Crippen LogP contribution >= 0.6 is 0 Å². The Kier molecular flexibility index (Phi) is 10.0. The molecule has 20 nitrogen and oxygen atoms in total. The fourth-order valence-corrected chi connectivity index (χ4v) is 8.76. The van der Waals surface area contributed by atoms with Crippen molar-refractivity contribution in [2.24, 2.45) is 0 Å². The van der Waals surface area contributed by atoms with Crippen molar-refractivity contribution in [3.8, 4) is 0 Å². The van der Waals surface area contributed by atoms with Gasteiger partial charge in [-0.2, -0.15) is 0 Å². The van der Waals surface area contributed by atoms with Gasteiger partial charge in [-0.3, -0.25) is 38.4 Å². The molecule has 8 heterocycles. The van der Waals surface area contributed by atoms with E-state index in [1.807, 2.05) is 0 Å². The van der Waals surface area contributed by atoms with E-state index in [-0.39, 0.29) is 116 Å². The zero-order valence-corrected chi connectivity index (χ0v) is 40.3. The summed E-state index contributed by atoms with van der Waals surface area (Å²) in [5.41, 5.74) is 25.5. The van der Waals surface area contributed by atoms with E-state index >= 15 is 0 Å². The Balaban J connectivity index is 0.000000162. The molecular weight excluding hydrogens is 981 g/mol. The van der Waals surface area contributed by atoms with Crippen molar-refractivity contribution in [1.82, 2.24) is 40.9 Å². The fraction of sp³-hybridized carbons (Fsp3) is 0.298. The first-order chi connectivity index (χ1) is 43.2. The lowest BCUT2D eigenvalue weighted by Crippen LogP contribution is -2.49. The zero-order valence-electron chi connectivity index (χ0n) is 58.3. The largest absolute Gasteiger partial charge is 0.398 e. The molecule has 0 radical (unpaired) electrons. The van der Waals surface area contributed by atoms with Crippen LogP contribution in [0.4, 0.5) is 22.7 Å². The molecular formula is C57H64N12O8. The maximum absolute atomic E-state index is 12.8. The highest BCUT2D eigenvalue weighted by Gasteiger charge is 2.42. The molecule has 0 spiro atoms. The van der Waals surface area contributed by atoms with Gasteiger partial charge in [0.2, 0.25) is 23.6 Å². The number of hydrogen-bond acceptors (Lipinski definition) is 12. The van der Waals surface area contributed by atoms with Crippen LogP contribution in [0.1, 0.15) is 147 Å². The summed E-state index contributed by atoms with van der Waals surface area (Å²) >= 11 is 0. The molecule has 400 valence electrons. The molecule has 20 heteroatoms. The van der Waals surface area contributed by atoms with Gasteiger partial charge in [-0.1, -0.05) is 58.0 Å². The number of fused-ring (bicyclic) bond motifs is 4. The molecule has 4 aromatic rings. The van der Waals surface area contributed by atoms with Gasteiger partial charge in [-0.25, -0.2) is 0 Å². The summed E-state index contributed by atoms with van der Waals surface area (Å²) in [7, 11) is 0. The van der Waals surface area contributed by atoms with E-state index in [9.17, 15) is 38.4 Å². The van der Waals surface area contributed by atoms with Crippen LogP contribution in [-0.2, 0) is 45.4 Å². The van der Waals surface area contributed by atoms with Crippen molar-refractivity contribution in [1.29, 1.82) is 0 Å². The summed E-state index contributed by atoms with van der Waals surface area (Å²) in [4.78, 5) is 103. The highest BCUT2D eigenvalue weighted by atomic mass is 16.2. The van der Waals surface area contributed by atoms with E-state index < -0.39 is 133 Å². The summed E-state index contributed by atoms with van der Waals surface area (Å²) in [6.07, 6.45) is -10.5. The second kappa shape index (κ2) is 21.9. The number of hydrogen-bond donors (Lipinski definition) is 8. The second-order valence-electron chi connectivity index (χ2n) is 17.6. The van der Waals surface area contributed by atoms with E-state index in [4.69, 9.17) is 47.6 Å². The summed E-state index contributed by atoms with van der Waals surface area (Å²) in [5.74, 6) is -6.87. The molecule has 12 N–H and O–H groups in total. The smallest absolute Gasteiger partial charge is 0.255 e. The SMILES string of the molecule is C.[2H]C1([2H])CC(=C)NC(=O)[C@@]1([2H])N1Cc2c(N)cccc2C1=O.[2H]C1([2H])CC(=C)NC(=O)[C@]1([2H])N1Cc2c(N)cccc2C1=O.[2H]c1c([2H])c(N)c2c(c1[2H])C(=O)N([C@@]1([2H])C(=O)NC(=C)CC1([2H])[2H])C2.[2H]c1c([2H])c(N)c2c(c1[2H])C(=O)N([C@]1([2H])C(=O)NC(=C)CC1([2H])[2H])C2. The predicted molar refractivity (Wildman–Crippen MR) is 291 cm³/mol. The average molecular weight is 1060 g/mol. The lowest BCUT2D eigenvalue weighted by Gasteiger charge is -2.30. The first kappa shape index (κ1) is 35.1. The quantitative estimate of drug-likeness (QED) is 0.129. The number of nitrogens with two attached hydrogens (primary N) is 4. The Morgan fingerprint density at radius 2 is 0.688 bits per heavy atom. The van der Waals surface area contributed by atoms with Gasteiger partial charge < -0.3 is 63.8 Å². The summed E-state index contributed by atoms with van der Waals surface area (Å²) in [6.45, 7) is 13.2. The number of benzene rings is 4. The number of carbonyl (C=O) groups is 8. The number of rotatable bonds is 4. The predicted octanol–water partition coefficient (Wildman–Crippen LogP) is 4.70. The lowest BCUT2D eigenvalue weighted by molar-refractivity contribution is -0.127. The summed E-state index contributed by atoms with van der Waals surface area (Å²) in [5, 5.41) is 9.35. The molecule has 4 aromatic carbocycles. The van der Waals surface area contributed by atoms with Crippen molar-refractivity contribution < 1.29 is 63.0 Å². The van der Waals surface area contributed by atoms with E-state index in [0.717, 1.165) is 9.80 Å². The molecule has 4 atom stereocenters. The molecule has 0 unspecified atom stereocenters. The minimum absolute atomic E-state index is 0. The Labute approximate surface area is 471 Å². The van der Waals surface area contributed by atoms with Crippen LogP contribution in [0, 0.1) is 0 Å². The second-order valence-corrected chi connectivity index (χ2v) is 17.6.